The first-order valence-electron chi connectivity index (χ1n) is 8.35. The third-order valence-corrected chi connectivity index (χ3v) is 5.26. The third-order valence-electron chi connectivity index (χ3n) is 4.54. The number of fused-ring (bicyclic) bond motifs is 1. The van der Waals surface area contributed by atoms with Gasteiger partial charge in [-0.2, -0.15) is 0 Å². The van der Waals surface area contributed by atoms with Crippen LogP contribution in [0.15, 0.2) is 0 Å². The van der Waals surface area contributed by atoms with Crippen molar-refractivity contribution in [3.8, 4) is 5.75 Å². The lowest BCUT2D eigenvalue weighted by Gasteiger charge is -2.31. The first kappa shape index (κ1) is 19.5. The topological polar surface area (TPSA) is 38.8 Å². The molecule has 1 aromatic rings. The van der Waals surface area contributed by atoms with Gasteiger partial charge in [-0.15, -0.1) is 0 Å². The lowest BCUT2D eigenvalue weighted by atomic mass is 9.98. The quantitative estimate of drug-likeness (QED) is 0.545. The predicted octanol–water partition coefficient (Wildman–Crippen LogP) is 4.89. The Kier molecular flexibility index (Phi) is 6.17. The molecule has 1 aliphatic heterocycles. The molecular weight excluding hydrogens is 345 g/mol. The summed E-state index contributed by atoms with van der Waals surface area (Å²) in [5, 5.41) is 0.644. The van der Waals surface area contributed by atoms with E-state index in [0.717, 1.165) is 42.6 Å². The molecular formula is C18H27ClNO3P. The van der Waals surface area contributed by atoms with Crippen LogP contribution in [0, 0.1) is 6.92 Å². The smallest absolute Gasteiger partial charge is 0.344 e. The first-order valence-corrected chi connectivity index (χ1v) is 9.20. The van der Waals surface area contributed by atoms with Gasteiger partial charge < -0.3 is 9.26 Å². The molecule has 0 spiro atoms. The van der Waals surface area contributed by atoms with E-state index < -0.39 is 5.97 Å². The summed E-state index contributed by atoms with van der Waals surface area (Å²) in [6, 6.07) is 0. The molecule has 0 aromatic heterocycles. The summed E-state index contributed by atoms with van der Waals surface area (Å²) >= 11 is 6.60. The summed E-state index contributed by atoms with van der Waals surface area (Å²) in [6.45, 7) is 12.6. The second kappa shape index (κ2) is 7.59. The molecule has 0 saturated carbocycles. The van der Waals surface area contributed by atoms with Crippen molar-refractivity contribution in [2.24, 2.45) is 0 Å². The van der Waals surface area contributed by atoms with Crippen LogP contribution in [-0.2, 0) is 17.6 Å². The molecule has 1 aliphatic rings. The zero-order valence-corrected chi connectivity index (χ0v) is 17.1. The van der Waals surface area contributed by atoms with Gasteiger partial charge in [-0.25, -0.2) is 4.79 Å². The molecule has 1 aromatic carbocycles. The maximum Gasteiger partial charge on any atom is 0.344 e. The van der Waals surface area contributed by atoms with Gasteiger partial charge in [-0.1, -0.05) is 24.9 Å². The number of halogens is 1. The van der Waals surface area contributed by atoms with Crippen molar-refractivity contribution in [1.29, 1.82) is 0 Å². The van der Waals surface area contributed by atoms with Crippen molar-refractivity contribution in [3.63, 3.8) is 0 Å². The van der Waals surface area contributed by atoms with Crippen LogP contribution in [0.25, 0.3) is 0 Å². The number of hydrogen-bond donors (Lipinski definition) is 0. The molecule has 6 heteroatoms. The van der Waals surface area contributed by atoms with Crippen LogP contribution in [0.4, 0.5) is 0 Å². The summed E-state index contributed by atoms with van der Waals surface area (Å²) in [7, 11) is 2.01. The van der Waals surface area contributed by atoms with E-state index >= 15 is 0 Å². The number of ether oxygens (including phenoxy) is 1. The normalized spacial score (nSPS) is 14.6. The highest BCUT2D eigenvalue weighted by atomic mass is 35.5. The zero-order valence-electron chi connectivity index (χ0n) is 15.2. The standard InChI is InChI=1S/C18H27ClNO3P/c1-6-7-8-22-16-13-10-20(18(3,4)5)9-12(13)15(19)11(2)14(16)17(21)23-24/h6-10,24H2,1-5H3. The molecule has 24 heavy (non-hydrogen) atoms. The number of nitrogens with zero attached hydrogens (tertiary/aromatic N) is 1. The van der Waals surface area contributed by atoms with Gasteiger partial charge in [0.25, 0.3) is 0 Å². The van der Waals surface area contributed by atoms with E-state index in [9.17, 15) is 4.79 Å². The van der Waals surface area contributed by atoms with Crippen molar-refractivity contribution in [1.82, 2.24) is 4.90 Å². The zero-order chi connectivity index (χ0) is 18.1. The van der Waals surface area contributed by atoms with Crippen LogP contribution in [0.5, 0.6) is 5.75 Å². The fraction of sp³-hybridized carbons (Fsp3) is 0.611. The van der Waals surface area contributed by atoms with Gasteiger partial charge in [0.2, 0.25) is 0 Å². The maximum atomic E-state index is 12.3. The second-order valence-electron chi connectivity index (χ2n) is 7.23. The van der Waals surface area contributed by atoms with Crippen LogP contribution in [0.1, 0.15) is 67.6 Å². The van der Waals surface area contributed by atoms with Crippen LogP contribution in [-0.4, -0.2) is 23.0 Å². The van der Waals surface area contributed by atoms with Crippen LogP contribution < -0.4 is 4.74 Å². The molecule has 0 saturated heterocycles. The SMILES string of the molecule is CCCCOc1c2c(c(Cl)c(C)c1C(=O)OP)CN(C(C)(C)C)C2. The molecule has 1 heterocycles. The number of rotatable bonds is 5. The predicted molar refractivity (Wildman–Crippen MR) is 101 cm³/mol. The molecule has 0 amide bonds. The largest absolute Gasteiger partial charge is 0.492 e. The monoisotopic (exact) mass is 371 g/mol. The maximum absolute atomic E-state index is 12.3. The molecule has 1 unspecified atom stereocenters. The molecule has 134 valence electrons. The second-order valence-corrected chi connectivity index (χ2v) is 7.85. The minimum absolute atomic E-state index is 0.0121. The molecule has 0 fully saturated rings. The van der Waals surface area contributed by atoms with Crippen LogP contribution >= 0.6 is 21.1 Å². The summed E-state index contributed by atoms with van der Waals surface area (Å²) in [6.07, 6.45) is 1.97. The molecule has 1 atom stereocenters. The Morgan fingerprint density at radius 3 is 2.46 bits per heavy atom. The fourth-order valence-electron chi connectivity index (χ4n) is 2.95. The molecule has 0 radical (unpaired) electrons. The van der Waals surface area contributed by atoms with Crippen molar-refractivity contribution in [2.45, 2.75) is 66.1 Å². The van der Waals surface area contributed by atoms with Gasteiger partial charge in [-0.05, 0) is 45.2 Å². The Hall–Kier alpha value is -0.830. The van der Waals surface area contributed by atoms with E-state index in [4.69, 9.17) is 20.9 Å². The van der Waals surface area contributed by atoms with Gasteiger partial charge in [0.05, 0.1) is 16.1 Å². The summed E-state index contributed by atoms with van der Waals surface area (Å²) in [5.74, 6) is 0.211. The minimum atomic E-state index is -0.428. The van der Waals surface area contributed by atoms with Crippen LogP contribution in [0.2, 0.25) is 5.02 Å². The fourth-order valence-corrected chi connectivity index (χ4v) is 3.34. The Balaban J connectivity index is 2.56. The Labute approximate surface area is 152 Å². The van der Waals surface area contributed by atoms with E-state index in [2.05, 4.69) is 32.6 Å². The summed E-state index contributed by atoms with van der Waals surface area (Å²) in [5.41, 5.74) is 3.27. The van der Waals surface area contributed by atoms with E-state index in [1.165, 1.54) is 0 Å². The Bertz CT molecular complexity index is 640. The number of carbonyl (C=O) groups is 1. The van der Waals surface area contributed by atoms with E-state index in [1.807, 2.05) is 16.4 Å². The van der Waals surface area contributed by atoms with E-state index in [1.54, 1.807) is 0 Å². The van der Waals surface area contributed by atoms with Gasteiger partial charge in [0, 0.05) is 29.2 Å². The highest BCUT2D eigenvalue weighted by molar-refractivity contribution is 7.10. The van der Waals surface area contributed by atoms with Crippen molar-refractivity contribution in [2.75, 3.05) is 6.61 Å². The minimum Gasteiger partial charge on any atom is -0.492 e. The van der Waals surface area contributed by atoms with Gasteiger partial charge in [0.1, 0.15) is 11.3 Å². The Morgan fingerprint density at radius 1 is 1.29 bits per heavy atom. The lowest BCUT2D eigenvalue weighted by Crippen LogP contribution is -2.36. The van der Waals surface area contributed by atoms with Crippen molar-refractivity contribution in [3.05, 3.63) is 27.3 Å². The van der Waals surface area contributed by atoms with Crippen molar-refractivity contribution >= 4 is 27.0 Å². The molecule has 4 nitrogen and oxygen atoms in total. The summed E-state index contributed by atoms with van der Waals surface area (Å²) in [4.78, 5) is 14.7. The first-order chi connectivity index (χ1) is 11.2. The average Bonchev–Trinajstić information content (AvgIpc) is 2.97. The molecule has 0 N–H and O–H groups in total. The van der Waals surface area contributed by atoms with E-state index in [-0.39, 0.29) is 5.54 Å². The van der Waals surface area contributed by atoms with Crippen LogP contribution in [0.3, 0.4) is 0 Å². The molecule has 0 bridgehead atoms. The summed E-state index contributed by atoms with van der Waals surface area (Å²) < 4.78 is 10.9. The number of hydrogen-bond acceptors (Lipinski definition) is 4. The lowest BCUT2D eigenvalue weighted by molar-refractivity contribution is 0.0760. The highest BCUT2D eigenvalue weighted by Gasteiger charge is 2.35. The van der Waals surface area contributed by atoms with Gasteiger partial charge in [0.15, 0.2) is 0 Å². The van der Waals surface area contributed by atoms with Gasteiger partial charge in [-0.3, -0.25) is 4.90 Å². The number of unbranched alkanes of at least 4 members (excludes halogenated alkanes) is 1. The highest BCUT2D eigenvalue weighted by Crippen LogP contribution is 2.43. The molecule has 0 aliphatic carbocycles. The van der Waals surface area contributed by atoms with Gasteiger partial charge >= 0.3 is 5.97 Å². The third kappa shape index (κ3) is 3.71. The van der Waals surface area contributed by atoms with Crippen molar-refractivity contribution < 1.29 is 14.1 Å². The molecule has 2 rings (SSSR count). The number of carbonyl (C=O) groups excluding carboxylic acids is 1. The van der Waals surface area contributed by atoms with E-state index in [0.29, 0.717) is 22.9 Å². The Morgan fingerprint density at radius 2 is 1.92 bits per heavy atom. The average molecular weight is 372 g/mol. The number of benzene rings is 1.